The second-order valence-electron chi connectivity index (χ2n) is 6.47. The SMILES string of the molecule is C=O.Cc1cc(/C=C/C(=O)Oc2cc3c(cc2[N+](=O)[O-])OC(C)C(C)O3)ccc1O. The molecule has 2 unspecified atom stereocenters. The Hall–Kier alpha value is -3.88. The van der Waals surface area contributed by atoms with Gasteiger partial charge in [0.25, 0.3) is 0 Å². The van der Waals surface area contributed by atoms with Crippen LogP contribution in [0, 0.1) is 17.0 Å². The number of hydrogen-bond acceptors (Lipinski definition) is 8. The highest BCUT2D eigenvalue weighted by atomic mass is 16.6. The smallest absolute Gasteiger partial charge is 0.336 e. The fourth-order valence-electron chi connectivity index (χ4n) is 2.62. The summed E-state index contributed by atoms with van der Waals surface area (Å²) in [6.45, 7) is 7.33. The fourth-order valence-corrected chi connectivity index (χ4v) is 2.62. The molecule has 3 rings (SSSR count). The van der Waals surface area contributed by atoms with Crippen LogP contribution in [0.3, 0.4) is 0 Å². The standard InChI is InChI=1S/C20H19NO7.CH2O/c1-11-8-14(4-6-16(11)22)5-7-20(23)28-17-10-19-18(9-15(17)21(24)25)26-12(2)13(3)27-19;1-2/h4-10,12-13,22H,1-3H3;1H2/b7-5+;. The van der Waals surface area contributed by atoms with Gasteiger partial charge in [0, 0.05) is 12.1 Å². The summed E-state index contributed by atoms with van der Waals surface area (Å²) in [5, 5.41) is 20.9. The van der Waals surface area contributed by atoms with E-state index in [9.17, 15) is 20.0 Å². The van der Waals surface area contributed by atoms with Crippen LogP contribution in [0.25, 0.3) is 6.08 Å². The molecule has 0 fully saturated rings. The van der Waals surface area contributed by atoms with Crippen molar-refractivity contribution in [3.63, 3.8) is 0 Å². The topological polar surface area (TPSA) is 125 Å². The summed E-state index contributed by atoms with van der Waals surface area (Å²) in [6, 6.07) is 7.29. The summed E-state index contributed by atoms with van der Waals surface area (Å²) in [6.07, 6.45) is 2.12. The molecule has 0 spiro atoms. The third-order valence-electron chi connectivity index (χ3n) is 4.35. The van der Waals surface area contributed by atoms with E-state index in [-0.39, 0.29) is 35.2 Å². The molecule has 1 aliphatic heterocycles. The molecule has 0 amide bonds. The Bertz CT molecular complexity index is 985. The van der Waals surface area contributed by atoms with Crippen LogP contribution in [0.5, 0.6) is 23.0 Å². The van der Waals surface area contributed by atoms with Gasteiger partial charge in [-0.1, -0.05) is 6.07 Å². The highest BCUT2D eigenvalue weighted by molar-refractivity contribution is 5.89. The Labute approximate surface area is 172 Å². The maximum absolute atomic E-state index is 12.1. The van der Waals surface area contributed by atoms with Gasteiger partial charge in [-0.3, -0.25) is 10.1 Å². The average Bonchev–Trinajstić information content (AvgIpc) is 2.71. The third kappa shape index (κ3) is 5.13. The van der Waals surface area contributed by atoms with Crippen molar-refractivity contribution < 1.29 is 33.8 Å². The zero-order valence-corrected chi connectivity index (χ0v) is 16.7. The van der Waals surface area contributed by atoms with E-state index in [4.69, 9.17) is 19.0 Å². The number of ether oxygens (including phenoxy) is 3. The number of esters is 1. The second kappa shape index (κ2) is 9.55. The lowest BCUT2D eigenvalue weighted by Crippen LogP contribution is -2.35. The maximum Gasteiger partial charge on any atom is 0.336 e. The zero-order chi connectivity index (χ0) is 22.4. The summed E-state index contributed by atoms with van der Waals surface area (Å²) >= 11 is 0. The Balaban J connectivity index is 0.00000155. The Morgan fingerprint density at radius 2 is 1.77 bits per heavy atom. The first kappa shape index (κ1) is 22.4. The van der Waals surface area contributed by atoms with Crippen molar-refractivity contribution in [1.82, 2.24) is 0 Å². The first-order chi connectivity index (χ1) is 14.2. The van der Waals surface area contributed by atoms with Gasteiger partial charge in [0.1, 0.15) is 24.7 Å². The van der Waals surface area contributed by atoms with Crippen molar-refractivity contribution in [3.8, 4) is 23.0 Å². The van der Waals surface area contributed by atoms with Gasteiger partial charge in [-0.15, -0.1) is 0 Å². The Morgan fingerprint density at radius 1 is 1.17 bits per heavy atom. The number of phenols is 1. The predicted molar refractivity (Wildman–Crippen MR) is 108 cm³/mol. The molecule has 0 aliphatic carbocycles. The molecule has 0 saturated heterocycles. The molecule has 1 aliphatic rings. The minimum atomic E-state index is -0.785. The number of hydrogen-bond donors (Lipinski definition) is 1. The van der Waals surface area contributed by atoms with Gasteiger partial charge in [-0.2, -0.15) is 0 Å². The number of carbonyl (C=O) groups is 2. The van der Waals surface area contributed by atoms with Gasteiger partial charge < -0.3 is 24.1 Å². The van der Waals surface area contributed by atoms with Crippen LogP contribution in [0.2, 0.25) is 0 Å². The number of aryl methyl sites for hydroxylation is 1. The zero-order valence-electron chi connectivity index (χ0n) is 16.7. The molecule has 2 atom stereocenters. The van der Waals surface area contributed by atoms with Gasteiger partial charge >= 0.3 is 11.7 Å². The molecule has 1 N–H and O–H groups in total. The first-order valence-electron chi connectivity index (χ1n) is 8.88. The molecule has 0 bridgehead atoms. The molecule has 2 aromatic carbocycles. The quantitative estimate of drug-likeness (QED) is 0.264. The molecule has 0 radical (unpaired) electrons. The average molecular weight is 415 g/mol. The van der Waals surface area contributed by atoms with Gasteiger partial charge in [0.15, 0.2) is 11.5 Å². The number of carbonyl (C=O) groups excluding carboxylic acids is 2. The molecule has 2 aromatic rings. The van der Waals surface area contributed by atoms with Crippen LogP contribution in [-0.4, -0.2) is 35.0 Å². The summed E-state index contributed by atoms with van der Waals surface area (Å²) in [5.74, 6) is -0.364. The number of nitrogens with zero attached hydrogens (tertiary/aromatic N) is 1. The molecule has 0 saturated carbocycles. The van der Waals surface area contributed by atoms with Gasteiger partial charge in [0.2, 0.25) is 5.75 Å². The van der Waals surface area contributed by atoms with E-state index in [1.807, 2.05) is 13.7 Å². The van der Waals surface area contributed by atoms with E-state index in [0.717, 1.165) is 6.08 Å². The van der Waals surface area contributed by atoms with E-state index >= 15 is 0 Å². The van der Waals surface area contributed by atoms with Crippen LogP contribution in [0.4, 0.5) is 5.69 Å². The third-order valence-corrected chi connectivity index (χ3v) is 4.35. The van der Waals surface area contributed by atoms with Crippen molar-refractivity contribution in [1.29, 1.82) is 0 Å². The number of rotatable bonds is 4. The summed E-state index contributed by atoms with van der Waals surface area (Å²) in [4.78, 5) is 30.9. The minimum Gasteiger partial charge on any atom is -0.508 e. The monoisotopic (exact) mass is 415 g/mol. The highest BCUT2D eigenvalue weighted by Gasteiger charge is 2.30. The molecule has 30 heavy (non-hydrogen) atoms. The van der Waals surface area contributed by atoms with E-state index in [1.165, 1.54) is 24.3 Å². The lowest BCUT2D eigenvalue weighted by Gasteiger charge is -2.29. The lowest BCUT2D eigenvalue weighted by atomic mass is 10.1. The number of fused-ring (bicyclic) bond motifs is 1. The van der Waals surface area contributed by atoms with Gasteiger partial charge in [-0.05, 0) is 50.1 Å². The van der Waals surface area contributed by atoms with Gasteiger partial charge in [0.05, 0.1) is 11.0 Å². The van der Waals surface area contributed by atoms with Crippen LogP contribution < -0.4 is 14.2 Å². The molecule has 9 nitrogen and oxygen atoms in total. The maximum atomic E-state index is 12.1. The minimum absolute atomic E-state index is 0.148. The second-order valence-corrected chi connectivity index (χ2v) is 6.47. The normalized spacial score (nSPS) is 17.0. The predicted octanol–water partition coefficient (Wildman–Crippen LogP) is 3.59. The van der Waals surface area contributed by atoms with Crippen LogP contribution >= 0.6 is 0 Å². The van der Waals surface area contributed by atoms with E-state index < -0.39 is 16.6 Å². The number of aromatic hydroxyl groups is 1. The van der Waals surface area contributed by atoms with E-state index in [0.29, 0.717) is 11.1 Å². The number of nitro groups is 1. The molecule has 158 valence electrons. The highest BCUT2D eigenvalue weighted by Crippen LogP contribution is 2.42. The Morgan fingerprint density at radius 3 is 2.33 bits per heavy atom. The van der Waals surface area contributed by atoms with Crippen molar-refractivity contribution >= 4 is 24.5 Å². The summed E-state index contributed by atoms with van der Waals surface area (Å²) in [5.41, 5.74) is 0.930. The number of nitro benzene ring substituents is 1. The molecule has 1 heterocycles. The van der Waals surface area contributed by atoms with Crippen molar-refractivity contribution in [3.05, 3.63) is 57.6 Å². The Kier molecular flexibility index (Phi) is 7.13. The molecular weight excluding hydrogens is 394 g/mol. The van der Waals surface area contributed by atoms with Crippen LogP contribution in [-0.2, 0) is 9.59 Å². The molecular formula is C21H21NO8. The largest absolute Gasteiger partial charge is 0.508 e. The van der Waals surface area contributed by atoms with Crippen LogP contribution in [0.15, 0.2) is 36.4 Å². The lowest BCUT2D eigenvalue weighted by molar-refractivity contribution is -0.385. The van der Waals surface area contributed by atoms with Crippen molar-refractivity contribution in [2.45, 2.75) is 33.0 Å². The fraction of sp³-hybridized carbons (Fsp3) is 0.238. The summed E-state index contributed by atoms with van der Waals surface area (Å²) in [7, 11) is 0. The van der Waals surface area contributed by atoms with Crippen LogP contribution in [0.1, 0.15) is 25.0 Å². The molecule has 0 aromatic heterocycles. The first-order valence-corrected chi connectivity index (χ1v) is 8.88. The van der Waals surface area contributed by atoms with E-state index in [1.54, 1.807) is 26.0 Å². The van der Waals surface area contributed by atoms with E-state index in [2.05, 4.69) is 0 Å². The van der Waals surface area contributed by atoms with Crippen molar-refractivity contribution in [2.75, 3.05) is 0 Å². The summed E-state index contributed by atoms with van der Waals surface area (Å²) < 4.78 is 16.4. The van der Waals surface area contributed by atoms with Crippen molar-refractivity contribution in [2.24, 2.45) is 0 Å². The molecule has 9 heteroatoms. The van der Waals surface area contributed by atoms with Gasteiger partial charge in [-0.25, -0.2) is 4.79 Å². The number of benzene rings is 2. The number of phenolic OH excluding ortho intramolecular Hbond substituents is 1.